The number of rotatable bonds is 6. The van der Waals surface area contributed by atoms with Crippen molar-refractivity contribution < 1.29 is 9.53 Å². The zero-order valence-corrected chi connectivity index (χ0v) is 22.6. The Kier molecular flexibility index (Phi) is 7.30. The molecule has 1 aromatic heterocycles. The van der Waals surface area contributed by atoms with Crippen molar-refractivity contribution in [3.8, 4) is 23.1 Å². The summed E-state index contributed by atoms with van der Waals surface area (Å²) in [6, 6.07) is 22.6. The van der Waals surface area contributed by atoms with Crippen molar-refractivity contribution in [2.45, 2.75) is 31.8 Å². The number of nitrogens with one attached hydrogen (secondary N) is 1. The van der Waals surface area contributed by atoms with E-state index in [4.69, 9.17) is 20.0 Å². The Bertz CT molecular complexity index is 1550. The quantitative estimate of drug-likeness (QED) is 0.351. The molecule has 202 valence electrons. The molecular formula is C32H32N6O2. The van der Waals surface area contributed by atoms with Crippen LogP contribution in [0, 0.1) is 11.3 Å². The number of benzene rings is 3. The average molecular weight is 533 g/mol. The second kappa shape index (κ2) is 11.3. The van der Waals surface area contributed by atoms with Crippen molar-refractivity contribution in [2.24, 2.45) is 0 Å². The topological polar surface area (TPSA) is 94.4 Å². The first kappa shape index (κ1) is 25.8. The monoisotopic (exact) mass is 532 g/mol. The highest BCUT2D eigenvalue weighted by Crippen LogP contribution is 2.32. The lowest BCUT2D eigenvalue weighted by Crippen LogP contribution is -2.36. The van der Waals surface area contributed by atoms with Crippen molar-refractivity contribution in [1.29, 1.82) is 5.26 Å². The molecule has 8 nitrogen and oxygen atoms in total. The van der Waals surface area contributed by atoms with Crippen LogP contribution < -0.4 is 15.0 Å². The van der Waals surface area contributed by atoms with Gasteiger partial charge >= 0.3 is 0 Å². The number of aromatic nitrogens is 2. The highest BCUT2D eigenvalue weighted by Gasteiger charge is 2.25. The molecule has 2 fully saturated rings. The van der Waals surface area contributed by atoms with Gasteiger partial charge in [0.25, 0.3) is 11.8 Å². The van der Waals surface area contributed by atoms with Crippen molar-refractivity contribution >= 4 is 28.4 Å². The number of ether oxygens (including phenoxy) is 1. The van der Waals surface area contributed by atoms with Crippen LogP contribution in [-0.2, 0) is 0 Å². The number of anilines is 2. The van der Waals surface area contributed by atoms with E-state index < -0.39 is 0 Å². The summed E-state index contributed by atoms with van der Waals surface area (Å²) in [5.74, 6) is 1.22. The number of likely N-dealkylation sites (tertiary alicyclic amines) is 1. The van der Waals surface area contributed by atoms with Gasteiger partial charge in [0.1, 0.15) is 6.10 Å². The van der Waals surface area contributed by atoms with Gasteiger partial charge in [-0.15, -0.1) is 0 Å². The summed E-state index contributed by atoms with van der Waals surface area (Å²) in [6.45, 7) is 3.93. The minimum atomic E-state index is -0.194. The molecule has 0 unspecified atom stereocenters. The maximum atomic E-state index is 13.0. The molecule has 0 atom stereocenters. The van der Waals surface area contributed by atoms with E-state index in [1.54, 1.807) is 12.1 Å². The molecule has 2 aliphatic rings. The molecule has 0 saturated carbocycles. The molecule has 0 bridgehead atoms. The highest BCUT2D eigenvalue weighted by molar-refractivity contribution is 6.05. The summed E-state index contributed by atoms with van der Waals surface area (Å²) in [5, 5.41) is 12.0. The highest BCUT2D eigenvalue weighted by atomic mass is 16.5. The van der Waals surface area contributed by atoms with Crippen LogP contribution in [0.1, 0.15) is 41.6 Å². The summed E-state index contributed by atoms with van der Waals surface area (Å²) >= 11 is 0. The normalized spacial score (nSPS) is 16.1. The Morgan fingerprint density at radius 2 is 1.57 bits per heavy atom. The predicted octanol–water partition coefficient (Wildman–Crippen LogP) is 5.49. The maximum Gasteiger partial charge on any atom is 0.258 e. The maximum absolute atomic E-state index is 13.0. The van der Waals surface area contributed by atoms with Crippen LogP contribution in [0.4, 0.5) is 11.5 Å². The number of nitrogens with zero attached hydrogens (tertiary/aromatic N) is 5. The number of piperidine rings is 1. The van der Waals surface area contributed by atoms with Crippen LogP contribution in [0.25, 0.3) is 22.2 Å². The van der Waals surface area contributed by atoms with E-state index in [2.05, 4.69) is 28.2 Å². The van der Waals surface area contributed by atoms with Gasteiger partial charge in [-0.1, -0.05) is 24.3 Å². The Balaban J connectivity index is 1.21. The number of amides is 1. The lowest BCUT2D eigenvalue weighted by molar-refractivity contribution is 0.102. The lowest BCUT2D eigenvalue weighted by atomic mass is 10.0. The van der Waals surface area contributed by atoms with Gasteiger partial charge in [-0.2, -0.15) is 5.26 Å². The molecule has 3 aromatic carbocycles. The molecule has 2 saturated heterocycles. The Hall–Kier alpha value is -4.48. The van der Waals surface area contributed by atoms with Crippen molar-refractivity contribution in [1.82, 2.24) is 14.9 Å². The molecule has 40 heavy (non-hydrogen) atoms. The van der Waals surface area contributed by atoms with E-state index in [1.807, 2.05) is 54.6 Å². The van der Waals surface area contributed by atoms with Gasteiger partial charge in [0.2, 0.25) is 0 Å². The fraction of sp³-hybridized carbons (Fsp3) is 0.312. The SMILES string of the molecule is CN1CCC(Oc2nc3ccc(NC(=O)c4ccc(-c5ccc(C#N)cc5)cc4)cc3nc2N2CCCC2)CC1. The third-order valence-corrected chi connectivity index (χ3v) is 7.72. The zero-order chi connectivity index (χ0) is 27.5. The molecule has 0 radical (unpaired) electrons. The summed E-state index contributed by atoms with van der Waals surface area (Å²) < 4.78 is 6.44. The predicted molar refractivity (Wildman–Crippen MR) is 157 cm³/mol. The van der Waals surface area contributed by atoms with Crippen molar-refractivity contribution in [3.63, 3.8) is 0 Å². The lowest BCUT2D eigenvalue weighted by Gasteiger charge is -2.30. The van der Waals surface area contributed by atoms with E-state index in [9.17, 15) is 4.79 Å². The van der Waals surface area contributed by atoms with Gasteiger partial charge < -0.3 is 19.9 Å². The molecule has 8 heteroatoms. The minimum Gasteiger partial charge on any atom is -0.472 e. The van der Waals surface area contributed by atoms with Crippen LogP contribution in [0.15, 0.2) is 66.7 Å². The summed E-state index contributed by atoms with van der Waals surface area (Å²) in [7, 11) is 2.14. The van der Waals surface area contributed by atoms with Crippen molar-refractivity contribution in [2.75, 3.05) is 43.4 Å². The van der Waals surface area contributed by atoms with Crippen LogP contribution in [0.2, 0.25) is 0 Å². The number of nitriles is 1. The second-order valence-corrected chi connectivity index (χ2v) is 10.6. The molecule has 1 amide bonds. The largest absolute Gasteiger partial charge is 0.472 e. The van der Waals surface area contributed by atoms with Crippen LogP contribution in [0.5, 0.6) is 5.88 Å². The van der Waals surface area contributed by atoms with Gasteiger partial charge in [-0.3, -0.25) is 4.79 Å². The molecule has 0 aliphatic carbocycles. The summed E-state index contributed by atoms with van der Waals surface area (Å²) in [4.78, 5) is 27.5. The minimum absolute atomic E-state index is 0.145. The molecule has 6 rings (SSSR count). The standard InChI is InChI=1S/C32H32N6O2/c1-37-18-14-27(15-19-37)40-32-30(38-16-2-3-17-38)35-29-20-26(12-13-28(29)36-32)34-31(39)25-10-8-24(9-11-25)23-6-4-22(21-33)5-7-23/h4-13,20,27H,2-3,14-19H2,1H3,(H,34,39). The number of hydrogen-bond donors (Lipinski definition) is 1. The number of carbonyl (C=O) groups excluding carboxylic acids is 1. The molecule has 1 N–H and O–H groups in total. The Morgan fingerprint density at radius 1 is 0.900 bits per heavy atom. The number of fused-ring (bicyclic) bond motifs is 1. The van der Waals surface area contributed by atoms with Crippen LogP contribution >= 0.6 is 0 Å². The third-order valence-electron chi connectivity index (χ3n) is 7.72. The van der Waals surface area contributed by atoms with Gasteiger partial charge in [-0.25, -0.2) is 9.97 Å². The molecule has 4 aromatic rings. The van der Waals surface area contributed by atoms with Crippen LogP contribution in [-0.4, -0.2) is 60.1 Å². The molecular weight excluding hydrogens is 500 g/mol. The molecule has 0 spiro atoms. The average Bonchev–Trinajstić information content (AvgIpc) is 3.53. The van der Waals surface area contributed by atoms with Gasteiger partial charge in [0, 0.05) is 37.4 Å². The number of hydrogen-bond acceptors (Lipinski definition) is 7. The fourth-order valence-electron chi connectivity index (χ4n) is 5.34. The van der Waals surface area contributed by atoms with Crippen molar-refractivity contribution in [3.05, 3.63) is 77.9 Å². The smallest absolute Gasteiger partial charge is 0.258 e. The van der Waals surface area contributed by atoms with Gasteiger partial charge in [-0.05, 0) is 86.3 Å². The first-order chi connectivity index (χ1) is 19.6. The molecule has 2 aliphatic heterocycles. The molecule has 3 heterocycles. The first-order valence-electron chi connectivity index (χ1n) is 13.9. The van der Waals surface area contributed by atoms with Gasteiger partial charge in [0.05, 0.1) is 22.7 Å². The Labute approximate surface area is 234 Å². The van der Waals surface area contributed by atoms with E-state index in [1.165, 1.54) is 0 Å². The second-order valence-electron chi connectivity index (χ2n) is 10.6. The zero-order valence-electron chi connectivity index (χ0n) is 22.6. The first-order valence-corrected chi connectivity index (χ1v) is 13.9. The van der Waals surface area contributed by atoms with E-state index in [0.717, 1.165) is 79.8 Å². The van der Waals surface area contributed by atoms with E-state index in [-0.39, 0.29) is 12.0 Å². The Morgan fingerprint density at radius 3 is 2.25 bits per heavy atom. The van der Waals surface area contributed by atoms with E-state index in [0.29, 0.717) is 22.7 Å². The van der Waals surface area contributed by atoms with E-state index >= 15 is 0 Å². The van der Waals surface area contributed by atoms with Crippen LogP contribution in [0.3, 0.4) is 0 Å². The van der Waals surface area contributed by atoms with Gasteiger partial charge in [0.15, 0.2) is 5.82 Å². The number of carbonyl (C=O) groups is 1. The summed E-state index contributed by atoms with van der Waals surface area (Å²) in [6.07, 6.45) is 4.37. The summed E-state index contributed by atoms with van der Waals surface area (Å²) in [5.41, 5.74) is 5.29. The third kappa shape index (κ3) is 5.61. The fourth-order valence-corrected chi connectivity index (χ4v) is 5.34.